The van der Waals surface area contributed by atoms with Gasteiger partial charge in [0.25, 0.3) is 0 Å². The summed E-state index contributed by atoms with van der Waals surface area (Å²) in [6.07, 6.45) is 6.34. The van der Waals surface area contributed by atoms with Gasteiger partial charge >= 0.3 is 5.97 Å². The molecule has 1 rings (SSSR count). The highest BCUT2D eigenvalue weighted by molar-refractivity contribution is 5.69. The molecular formula is C18H28O2. The fourth-order valence-electron chi connectivity index (χ4n) is 2.33. The second-order valence-corrected chi connectivity index (χ2v) is 5.68. The summed E-state index contributed by atoms with van der Waals surface area (Å²) in [6, 6.07) is 8.19. The monoisotopic (exact) mass is 276 g/mol. The number of rotatable bonds is 9. The molecule has 0 bridgehead atoms. The summed E-state index contributed by atoms with van der Waals surface area (Å²) in [4.78, 5) is 11.7. The van der Waals surface area contributed by atoms with Crippen LogP contribution in [0.15, 0.2) is 24.3 Å². The Morgan fingerprint density at radius 2 is 1.80 bits per heavy atom. The van der Waals surface area contributed by atoms with Crippen molar-refractivity contribution in [2.45, 2.75) is 71.8 Å². The molecular weight excluding hydrogens is 248 g/mol. The maximum atomic E-state index is 11.7. The lowest BCUT2D eigenvalue weighted by molar-refractivity contribution is -0.145. The van der Waals surface area contributed by atoms with Crippen LogP contribution in [0.4, 0.5) is 0 Å². The van der Waals surface area contributed by atoms with Crippen LogP contribution in [0, 0.1) is 0 Å². The Labute approximate surface area is 123 Å². The highest BCUT2D eigenvalue weighted by Crippen LogP contribution is 2.20. The average molecular weight is 276 g/mol. The zero-order valence-electron chi connectivity index (χ0n) is 13.2. The van der Waals surface area contributed by atoms with Gasteiger partial charge in [0.2, 0.25) is 0 Å². The molecule has 0 aromatic heterocycles. The summed E-state index contributed by atoms with van der Waals surface area (Å²) in [6.45, 7) is 6.92. The first kappa shape index (κ1) is 16.7. The van der Waals surface area contributed by atoms with Crippen molar-refractivity contribution in [2.75, 3.05) is 0 Å². The molecule has 1 aromatic rings. The van der Waals surface area contributed by atoms with Crippen molar-refractivity contribution in [3.63, 3.8) is 0 Å². The van der Waals surface area contributed by atoms with Gasteiger partial charge in [0, 0.05) is 6.42 Å². The average Bonchev–Trinajstić information content (AvgIpc) is 2.45. The van der Waals surface area contributed by atoms with Gasteiger partial charge in [-0.1, -0.05) is 70.7 Å². The maximum Gasteiger partial charge on any atom is 0.306 e. The van der Waals surface area contributed by atoms with Crippen molar-refractivity contribution in [1.29, 1.82) is 0 Å². The van der Waals surface area contributed by atoms with E-state index in [0.717, 1.165) is 18.4 Å². The molecule has 2 nitrogen and oxygen atoms in total. The second-order valence-electron chi connectivity index (χ2n) is 5.68. The number of hydrogen-bond acceptors (Lipinski definition) is 2. The largest absolute Gasteiger partial charge is 0.461 e. The zero-order valence-corrected chi connectivity index (χ0v) is 13.2. The molecule has 0 heterocycles. The van der Waals surface area contributed by atoms with Crippen LogP contribution in [-0.2, 0) is 16.1 Å². The first-order chi connectivity index (χ1) is 9.65. The Bertz CT molecular complexity index is 396. The lowest BCUT2D eigenvalue weighted by atomic mass is 9.98. The van der Waals surface area contributed by atoms with E-state index in [2.05, 4.69) is 26.8 Å². The molecule has 0 aliphatic rings. The lowest BCUT2D eigenvalue weighted by Gasteiger charge is -2.12. The number of hydrogen-bond donors (Lipinski definition) is 0. The number of esters is 1. The summed E-state index contributed by atoms with van der Waals surface area (Å²) in [5.41, 5.74) is 2.39. The van der Waals surface area contributed by atoms with Crippen LogP contribution >= 0.6 is 0 Å². The van der Waals surface area contributed by atoms with E-state index in [1.807, 2.05) is 18.2 Å². The van der Waals surface area contributed by atoms with E-state index in [9.17, 15) is 4.79 Å². The van der Waals surface area contributed by atoms with Gasteiger partial charge in [-0.05, 0) is 23.5 Å². The molecule has 0 N–H and O–H groups in total. The third-order valence-electron chi connectivity index (χ3n) is 3.55. The van der Waals surface area contributed by atoms with Gasteiger partial charge in [-0.25, -0.2) is 0 Å². The predicted molar refractivity (Wildman–Crippen MR) is 83.7 cm³/mol. The van der Waals surface area contributed by atoms with Gasteiger partial charge in [0.15, 0.2) is 0 Å². The van der Waals surface area contributed by atoms with Crippen LogP contribution in [-0.4, -0.2) is 5.97 Å². The third kappa shape index (κ3) is 6.23. The molecule has 0 spiro atoms. The fraction of sp³-hybridized carbons (Fsp3) is 0.611. The van der Waals surface area contributed by atoms with E-state index < -0.39 is 0 Å². The maximum absolute atomic E-state index is 11.7. The highest BCUT2D eigenvalue weighted by Gasteiger charge is 2.08. The molecule has 0 saturated carbocycles. The van der Waals surface area contributed by atoms with E-state index in [1.54, 1.807) is 0 Å². The van der Waals surface area contributed by atoms with Crippen LogP contribution in [0.5, 0.6) is 0 Å². The van der Waals surface area contributed by atoms with Crippen molar-refractivity contribution >= 4 is 5.97 Å². The number of unbranched alkanes of at least 4 members (excludes halogenated alkanes) is 4. The Kier molecular flexibility index (Phi) is 8.01. The molecule has 2 heteroatoms. The van der Waals surface area contributed by atoms with Crippen LogP contribution in [0.3, 0.4) is 0 Å². The third-order valence-corrected chi connectivity index (χ3v) is 3.55. The molecule has 0 aliphatic carbocycles. The second kappa shape index (κ2) is 9.57. The summed E-state index contributed by atoms with van der Waals surface area (Å²) in [5.74, 6) is 0.388. The quantitative estimate of drug-likeness (QED) is 0.457. The molecule has 1 aromatic carbocycles. The molecule has 0 amide bonds. The smallest absolute Gasteiger partial charge is 0.306 e. The van der Waals surface area contributed by atoms with E-state index >= 15 is 0 Å². The normalized spacial score (nSPS) is 10.8. The molecule has 112 valence electrons. The Morgan fingerprint density at radius 1 is 1.10 bits per heavy atom. The molecule has 0 aliphatic heterocycles. The van der Waals surface area contributed by atoms with Crippen molar-refractivity contribution in [3.8, 4) is 0 Å². The minimum Gasteiger partial charge on any atom is -0.461 e. The summed E-state index contributed by atoms with van der Waals surface area (Å²) in [7, 11) is 0. The minimum atomic E-state index is -0.0694. The fourth-order valence-corrected chi connectivity index (χ4v) is 2.33. The summed E-state index contributed by atoms with van der Waals surface area (Å²) >= 11 is 0. The van der Waals surface area contributed by atoms with E-state index in [1.165, 1.54) is 24.8 Å². The molecule has 0 saturated heterocycles. The minimum absolute atomic E-state index is 0.0694. The molecule has 0 fully saturated rings. The molecule has 20 heavy (non-hydrogen) atoms. The summed E-state index contributed by atoms with van der Waals surface area (Å²) < 4.78 is 5.39. The van der Waals surface area contributed by atoms with E-state index in [0.29, 0.717) is 18.9 Å². The highest BCUT2D eigenvalue weighted by atomic mass is 16.5. The van der Waals surface area contributed by atoms with Gasteiger partial charge in [0.05, 0.1) is 0 Å². The number of carbonyl (C=O) groups is 1. The van der Waals surface area contributed by atoms with Gasteiger partial charge in [-0.3, -0.25) is 4.79 Å². The number of benzene rings is 1. The van der Waals surface area contributed by atoms with E-state index in [-0.39, 0.29) is 5.97 Å². The standard InChI is InChI=1S/C18H28O2/c1-4-5-6-7-8-13-18(19)20-14-16-11-9-10-12-17(16)15(2)3/h9-12,15H,4-8,13-14H2,1-3H3. The molecule has 0 radical (unpaired) electrons. The van der Waals surface area contributed by atoms with Gasteiger partial charge in [0.1, 0.15) is 6.61 Å². The van der Waals surface area contributed by atoms with Gasteiger partial charge < -0.3 is 4.74 Å². The SMILES string of the molecule is CCCCCCCC(=O)OCc1ccccc1C(C)C. The van der Waals surface area contributed by atoms with Crippen molar-refractivity contribution in [3.05, 3.63) is 35.4 Å². The van der Waals surface area contributed by atoms with Crippen LogP contribution in [0.2, 0.25) is 0 Å². The van der Waals surface area contributed by atoms with Crippen LogP contribution in [0.1, 0.15) is 76.3 Å². The number of ether oxygens (including phenoxy) is 1. The number of carbonyl (C=O) groups excluding carboxylic acids is 1. The Morgan fingerprint density at radius 3 is 2.50 bits per heavy atom. The lowest BCUT2D eigenvalue weighted by Crippen LogP contribution is -2.06. The first-order valence-corrected chi connectivity index (χ1v) is 7.88. The van der Waals surface area contributed by atoms with E-state index in [4.69, 9.17) is 4.74 Å². The first-order valence-electron chi connectivity index (χ1n) is 7.88. The van der Waals surface area contributed by atoms with Crippen molar-refractivity contribution < 1.29 is 9.53 Å². The summed E-state index contributed by atoms with van der Waals surface area (Å²) in [5, 5.41) is 0. The molecule has 0 atom stereocenters. The van der Waals surface area contributed by atoms with Crippen LogP contribution < -0.4 is 0 Å². The van der Waals surface area contributed by atoms with Gasteiger partial charge in [-0.2, -0.15) is 0 Å². The topological polar surface area (TPSA) is 26.3 Å². The van der Waals surface area contributed by atoms with Crippen molar-refractivity contribution in [2.24, 2.45) is 0 Å². The zero-order chi connectivity index (χ0) is 14.8. The molecule has 0 unspecified atom stereocenters. The Balaban J connectivity index is 2.30. The van der Waals surface area contributed by atoms with Crippen molar-refractivity contribution in [1.82, 2.24) is 0 Å². The Hall–Kier alpha value is -1.31. The van der Waals surface area contributed by atoms with Crippen LogP contribution in [0.25, 0.3) is 0 Å². The van der Waals surface area contributed by atoms with Gasteiger partial charge in [-0.15, -0.1) is 0 Å². The predicted octanol–water partition coefficient (Wildman–Crippen LogP) is 5.21.